The van der Waals surface area contributed by atoms with Crippen LogP contribution >= 0.6 is 0 Å². The first-order valence-corrected chi connectivity index (χ1v) is 6.55. The summed E-state index contributed by atoms with van der Waals surface area (Å²) in [6, 6.07) is 10.1. The van der Waals surface area contributed by atoms with Gasteiger partial charge in [-0.15, -0.1) is 0 Å². The van der Waals surface area contributed by atoms with E-state index in [9.17, 15) is 4.79 Å². The number of aromatic nitrogens is 1. The molecule has 0 atom stereocenters. The van der Waals surface area contributed by atoms with E-state index in [0.717, 1.165) is 22.4 Å². The third kappa shape index (κ3) is 2.90. The summed E-state index contributed by atoms with van der Waals surface area (Å²) in [5.74, 6) is 0.167. The molecule has 0 unspecified atom stereocenters. The Morgan fingerprint density at radius 3 is 2.53 bits per heavy atom. The maximum atomic E-state index is 12.4. The van der Waals surface area contributed by atoms with Gasteiger partial charge in [-0.05, 0) is 38.5 Å². The SMILES string of the molecule is Cc1ccc(C)c(C(=O)C[n+]2cccc(C)c2C)c1. The number of Topliss-reactive ketones (excluding diaryl/α,β-unsaturated/α-hetero) is 1. The number of benzene rings is 1. The van der Waals surface area contributed by atoms with Crippen LogP contribution in [0.1, 0.15) is 32.7 Å². The van der Waals surface area contributed by atoms with Crippen LogP contribution in [0.15, 0.2) is 36.5 Å². The first kappa shape index (κ1) is 13.5. The molecule has 0 aliphatic carbocycles. The lowest BCUT2D eigenvalue weighted by Gasteiger charge is -2.06. The van der Waals surface area contributed by atoms with Gasteiger partial charge in [-0.25, -0.2) is 0 Å². The third-order valence-corrected chi connectivity index (χ3v) is 3.62. The van der Waals surface area contributed by atoms with E-state index in [0.29, 0.717) is 6.54 Å². The molecular formula is C17H20NO+. The quantitative estimate of drug-likeness (QED) is 0.609. The van der Waals surface area contributed by atoms with Crippen LogP contribution in [0.5, 0.6) is 0 Å². The van der Waals surface area contributed by atoms with Gasteiger partial charge in [0.25, 0.3) is 0 Å². The molecule has 0 aliphatic rings. The van der Waals surface area contributed by atoms with Gasteiger partial charge >= 0.3 is 0 Å². The second-order valence-electron chi connectivity index (χ2n) is 5.15. The second-order valence-corrected chi connectivity index (χ2v) is 5.15. The smallest absolute Gasteiger partial charge is 0.227 e. The van der Waals surface area contributed by atoms with Gasteiger partial charge in [0, 0.05) is 24.1 Å². The summed E-state index contributed by atoms with van der Waals surface area (Å²) in [7, 11) is 0. The number of hydrogen-bond acceptors (Lipinski definition) is 1. The fraction of sp³-hybridized carbons (Fsp3) is 0.294. The molecule has 0 spiro atoms. The van der Waals surface area contributed by atoms with Crippen molar-refractivity contribution in [1.29, 1.82) is 0 Å². The largest absolute Gasteiger partial charge is 0.287 e. The molecule has 2 aromatic rings. The molecule has 0 saturated heterocycles. The Hall–Kier alpha value is -1.96. The Balaban J connectivity index is 2.31. The van der Waals surface area contributed by atoms with Crippen molar-refractivity contribution in [2.24, 2.45) is 0 Å². The zero-order chi connectivity index (χ0) is 14.0. The highest BCUT2D eigenvalue weighted by Gasteiger charge is 2.17. The maximum absolute atomic E-state index is 12.4. The minimum absolute atomic E-state index is 0.167. The van der Waals surface area contributed by atoms with Crippen LogP contribution < -0.4 is 4.57 Å². The van der Waals surface area contributed by atoms with Crippen molar-refractivity contribution >= 4 is 5.78 Å². The molecule has 0 aliphatic heterocycles. The zero-order valence-electron chi connectivity index (χ0n) is 12.0. The molecule has 98 valence electrons. The Morgan fingerprint density at radius 1 is 1.05 bits per heavy atom. The Bertz CT molecular complexity index is 629. The van der Waals surface area contributed by atoms with Crippen molar-refractivity contribution < 1.29 is 9.36 Å². The topological polar surface area (TPSA) is 20.9 Å². The van der Waals surface area contributed by atoms with Gasteiger partial charge in [-0.3, -0.25) is 4.79 Å². The average Bonchev–Trinajstić information content (AvgIpc) is 2.38. The van der Waals surface area contributed by atoms with Gasteiger partial charge in [-0.2, -0.15) is 4.57 Å². The lowest BCUT2D eigenvalue weighted by atomic mass is 10.0. The molecule has 0 N–H and O–H groups in total. The monoisotopic (exact) mass is 254 g/mol. The molecule has 2 nitrogen and oxygen atoms in total. The number of rotatable bonds is 3. The van der Waals surface area contributed by atoms with Crippen molar-refractivity contribution in [2.75, 3.05) is 0 Å². The fourth-order valence-electron chi connectivity index (χ4n) is 2.20. The summed E-state index contributed by atoms with van der Waals surface area (Å²) < 4.78 is 2.01. The number of carbonyl (C=O) groups excluding carboxylic acids is 1. The van der Waals surface area contributed by atoms with Crippen LogP contribution in [-0.4, -0.2) is 5.78 Å². The molecule has 0 amide bonds. The van der Waals surface area contributed by atoms with E-state index in [2.05, 4.69) is 13.0 Å². The van der Waals surface area contributed by atoms with E-state index < -0.39 is 0 Å². The zero-order valence-corrected chi connectivity index (χ0v) is 12.0. The van der Waals surface area contributed by atoms with Gasteiger partial charge in [0.05, 0.1) is 0 Å². The summed E-state index contributed by atoms with van der Waals surface area (Å²) in [6.07, 6.45) is 1.96. The average molecular weight is 254 g/mol. The van der Waals surface area contributed by atoms with E-state index in [1.54, 1.807) is 0 Å². The second kappa shape index (κ2) is 5.35. The van der Waals surface area contributed by atoms with Gasteiger partial charge in [0.1, 0.15) is 0 Å². The van der Waals surface area contributed by atoms with Crippen molar-refractivity contribution in [3.05, 3.63) is 64.5 Å². The number of pyridine rings is 1. The summed E-state index contributed by atoms with van der Waals surface area (Å²) in [5.41, 5.74) is 5.34. The number of ketones is 1. The molecule has 0 bridgehead atoms. The first-order valence-electron chi connectivity index (χ1n) is 6.55. The summed E-state index contributed by atoms with van der Waals surface area (Å²) >= 11 is 0. The molecule has 0 radical (unpaired) electrons. The lowest BCUT2D eigenvalue weighted by molar-refractivity contribution is -0.689. The molecule has 0 fully saturated rings. The van der Waals surface area contributed by atoms with Crippen LogP contribution in [0.25, 0.3) is 0 Å². The standard InChI is InChI=1S/C17H20NO/c1-12-7-8-14(3)16(10-12)17(19)11-18-9-5-6-13(2)15(18)4/h5-10H,11H2,1-4H3/q+1. The Labute approximate surface area is 114 Å². The molecule has 19 heavy (non-hydrogen) atoms. The number of hydrogen-bond donors (Lipinski definition) is 0. The van der Waals surface area contributed by atoms with Crippen LogP contribution in [-0.2, 0) is 6.54 Å². The van der Waals surface area contributed by atoms with E-state index in [1.165, 1.54) is 5.56 Å². The highest BCUT2D eigenvalue weighted by atomic mass is 16.1. The van der Waals surface area contributed by atoms with Crippen molar-refractivity contribution in [1.82, 2.24) is 0 Å². The van der Waals surface area contributed by atoms with Crippen LogP contribution in [0, 0.1) is 27.7 Å². The third-order valence-electron chi connectivity index (χ3n) is 3.62. The summed E-state index contributed by atoms with van der Waals surface area (Å²) in [5, 5.41) is 0. The predicted molar refractivity (Wildman–Crippen MR) is 76.4 cm³/mol. The molecule has 0 saturated carbocycles. The Kier molecular flexibility index (Phi) is 3.79. The number of carbonyl (C=O) groups is 1. The molecular weight excluding hydrogens is 234 g/mol. The lowest BCUT2D eigenvalue weighted by Crippen LogP contribution is -2.41. The van der Waals surface area contributed by atoms with Crippen molar-refractivity contribution in [3.8, 4) is 0 Å². The van der Waals surface area contributed by atoms with Crippen molar-refractivity contribution in [2.45, 2.75) is 34.2 Å². The predicted octanol–water partition coefficient (Wildman–Crippen LogP) is 3.09. The number of aryl methyl sites for hydroxylation is 3. The molecule has 2 rings (SSSR count). The fourth-order valence-corrected chi connectivity index (χ4v) is 2.20. The highest BCUT2D eigenvalue weighted by Crippen LogP contribution is 2.11. The van der Waals surface area contributed by atoms with Crippen molar-refractivity contribution in [3.63, 3.8) is 0 Å². The Morgan fingerprint density at radius 2 is 1.79 bits per heavy atom. The number of nitrogens with zero attached hydrogens (tertiary/aromatic N) is 1. The minimum Gasteiger partial charge on any atom is -0.287 e. The summed E-state index contributed by atoms with van der Waals surface area (Å²) in [4.78, 5) is 12.4. The summed E-state index contributed by atoms with van der Waals surface area (Å²) in [6.45, 7) is 8.51. The van der Waals surface area contributed by atoms with E-state index in [4.69, 9.17) is 0 Å². The molecule has 2 heteroatoms. The van der Waals surface area contributed by atoms with Gasteiger partial charge in [-0.1, -0.05) is 17.7 Å². The van der Waals surface area contributed by atoms with Crippen LogP contribution in [0.2, 0.25) is 0 Å². The van der Waals surface area contributed by atoms with Crippen LogP contribution in [0.3, 0.4) is 0 Å². The molecule has 1 aromatic heterocycles. The van der Waals surface area contributed by atoms with E-state index >= 15 is 0 Å². The minimum atomic E-state index is 0.167. The highest BCUT2D eigenvalue weighted by molar-refractivity contribution is 5.96. The van der Waals surface area contributed by atoms with E-state index in [1.807, 2.05) is 55.8 Å². The van der Waals surface area contributed by atoms with Gasteiger partial charge in [0.15, 0.2) is 11.9 Å². The molecule has 1 aromatic carbocycles. The van der Waals surface area contributed by atoms with Gasteiger partial charge in [0.2, 0.25) is 12.3 Å². The van der Waals surface area contributed by atoms with Gasteiger partial charge < -0.3 is 0 Å². The van der Waals surface area contributed by atoms with Crippen LogP contribution in [0.4, 0.5) is 0 Å². The maximum Gasteiger partial charge on any atom is 0.227 e. The molecule has 1 heterocycles. The normalized spacial score (nSPS) is 10.5. The first-order chi connectivity index (χ1) is 8.99. The van der Waals surface area contributed by atoms with E-state index in [-0.39, 0.29) is 5.78 Å².